The number of aromatic nitrogens is 1. The maximum atomic E-state index is 12.8. The van der Waals surface area contributed by atoms with Gasteiger partial charge in [0, 0.05) is 17.7 Å². The molecule has 3 aromatic carbocycles. The number of benzene rings is 3. The van der Waals surface area contributed by atoms with Crippen LogP contribution in [0.25, 0.3) is 10.2 Å². The molecule has 0 saturated carbocycles. The van der Waals surface area contributed by atoms with Gasteiger partial charge < -0.3 is 24.8 Å². The summed E-state index contributed by atoms with van der Waals surface area (Å²) >= 11 is 7.47. The number of amides is 3. The molecule has 0 saturated heterocycles. The van der Waals surface area contributed by atoms with Gasteiger partial charge in [-0.25, -0.2) is 9.78 Å². The molecular formula is C25H23ClN4O5S. The maximum absolute atomic E-state index is 12.8. The van der Waals surface area contributed by atoms with Crippen molar-refractivity contribution in [2.75, 3.05) is 37.3 Å². The third-order valence-electron chi connectivity index (χ3n) is 5.25. The summed E-state index contributed by atoms with van der Waals surface area (Å²) < 4.78 is 16.7. The molecule has 186 valence electrons. The first-order chi connectivity index (χ1) is 17.3. The smallest absolute Gasteiger partial charge is 0.325 e. The lowest BCUT2D eigenvalue weighted by Crippen LogP contribution is -2.19. The van der Waals surface area contributed by atoms with Crippen LogP contribution in [0.4, 0.5) is 21.3 Å². The Bertz CT molecular complexity index is 1410. The van der Waals surface area contributed by atoms with Gasteiger partial charge in [0.15, 0.2) is 16.6 Å². The standard InChI is InChI=1S/C25H23ClN4O5S/c1-13-6-5-7-16(26)21(13)29-23(31)14-8-9-17-20(10-14)36-25(28-17)30-24(32)27-15-11-18(33-2)22(35-4)19(12-15)34-3/h5-12H,1-4H3,(H,29,31)(H2,27,28,30,32). The van der Waals surface area contributed by atoms with Crippen molar-refractivity contribution < 1.29 is 23.8 Å². The third kappa shape index (κ3) is 5.29. The highest BCUT2D eigenvalue weighted by atomic mass is 35.5. The predicted molar refractivity (Wildman–Crippen MR) is 143 cm³/mol. The fourth-order valence-electron chi connectivity index (χ4n) is 3.51. The van der Waals surface area contributed by atoms with E-state index in [2.05, 4.69) is 20.9 Å². The molecule has 0 fully saturated rings. The molecular weight excluding hydrogens is 504 g/mol. The molecule has 1 aromatic heterocycles. The van der Waals surface area contributed by atoms with Gasteiger partial charge in [-0.05, 0) is 36.8 Å². The van der Waals surface area contributed by atoms with Gasteiger partial charge in [-0.1, -0.05) is 35.1 Å². The Morgan fingerprint density at radius 1 is 0.917 bits per heavy atom. The normalized spacial score (nSPS) is 10.6. The van der Waals surface area contributed by atoms with Gasteiger partial charge in [0.2, 0.25) is 5.75 Å². The van der Waals surface area contributed by atoms with Gasteiger partial charge in [0.05, 0.1) is 47.9 Å². The number of nitrogens with one attached hydrogen (secondary N) is 3. The summed E-state index contributed by atoms with van der Waals surface area (Å²) in [6, 6.07) is 13.3. The molecule has 1 heterocycles. The molecule has 0 bridgehead atoms. The van der Waals surface area contributed by atoms with Crippen LogP contribution >= 0.6 is 22.9 Å². The van der Waals surface area contributed by atoms with E-state index < -0.39 is 6.03 Å². The van der Waals surface area contributed by atoms with Crippen LogP contribution in [-0.4, -0.2) is 38.3 Å². The van der Waals surface area contributed by atoms with Gasteiger partial charge in [0.25, 0.3) is 5.91 Å². The highest BCUT2D eigenvalue weighted by Gasteiger charge is 2.16. The quantitative estimate of drug-likeness (QED) is 0.265. The number of aryl methyl sites for hydroxylation is 1. The first-order valence-electron chi connectivity index (χ1n) is 10.7. The summed E-state index contributed by atoms with van der Waals surface area (Å²) in [5.41, 5.74) is 2.96. The highest BCUT2D eigenvalue weighted by molar-refractivity contribution is 7.22. The lowest BCUT2D eigenvalue weighted by molar-refractivity contribution is 0.102. The van der Waals surface area contributed by atoms with Crippen LogP contribution < -0.4 is 30.2 Å². The van der Waals surface area contributed by atoms with E-state index in [0.29, 0.717) is 49.9 Å². The number of rotatable bonds is 7. The van der Waals surface area contributed by atoms with E-state index >= 15 is 0 Å². The van der Waals surface area contributed by atoms with E-state index in [-0.39, 0.29) is 5.91 Å². The molecule has 11 heteroatoms. The molecule has 36 heavy (non-hydrogen) atoms. The number of urea groups is 1. The molecule has 0 aliphatic heterocycles. The maximum Gasteiger partial charge on any atom is 0.325 e. The molecule has 3 amide bonds. The van der Waals surface area contributed by atoms with Crippen LogP contribution in [0.5, 0.6) is 17.2 Å². The second-order valence-electron chi connectivity index (χ2n) is 7.58. The Balaban J connectivity index is 1.49. The second-order valence-corrected chi connectivity index (χ2v) is 9.02. The molecule has 0 unspecified atom stereocenters. The minimum Gasteiger partial charge on any atom is -0.493 e. The van der Waals surface area contributed by atoms with Crippen molar-refractivity contribution >= 4 is 61.6 Å². The first kappa shape index (κ1) is 25.1. The molecule has 3 N–H and O–H groups in total. The summed E-state index contributed by atoms with van der Waals surface area (Å²) in [7, 11) is 4.49. The molecule has 0 spiro atoms. The minimum absolute atomic E-state index is 0.295. The Hall–Kier alpha value is -4.02. The highest BCUT2D eigenvalue weighted by Crippen LogP contribution is 2.40. The zero-order chi connectivity index (χ0) is 25.8. The van der Waals surface area contributed by atoms with E-state index in [4.69, 9.17) is 25.8 Å². The van der Waals surface area contributed by atoms with Crippen molar-refractivity contribution in [1.82, 2.24) is 4.98 Å². The number of carbonyl (C=O) groups is 2. The number of carbonyl (C=O) groups excluding carboxylic acids is 2. The number of methoxy groups -OCH3 is 3. The number of fused-ring (bicyclic) bond motifs is 1. The number of hydrogen-bond donors (Lipinski definition) is 3. The summed E-state index contributed by atoms with van der Waals surface area (Å²) in [5.74, 6) is 0.938. The molecule has 0 radical (unpaired) electrons. The van der Waals surface area contributed by atoms with Crippen LogP contribution in [0.2, 0.25) is 5.02 Å². The van der Waals surface area contributed by atoms with E-state index in [9.17, 15) is 9.59 Å². The summed E-state index contributed by atoms with van der Waals surface area (Å²) in [4.78, 5) is 29.8. The topological polar surface area (TPSA) is 111 Å². The number of anilines is 3. The minimum atomic E-state index is -0.504. The third-order valence-corrected chi connectivity index (χ3v) is 6.50. The van der Waals surface area contributed by atoms with Crippen LogP contribution in [0.15, 0.2) is 48.5 Å². The molecule has 0 atom stereocenters. The van der Waals surface area contributed by atoms with Gasteiger partial charge in [0.1, 0.15) is 0 Å². The first-order valence-corrected chi connectivity index (χ1v) is 11.9. The van der Waals surface area contributed by atoms with Crippen molar-refractivity contribution in [2.45, 2.75) is 6.92 Å². The molecule has 4 aromatic rings. The number of nitrogens with zero attached hydrogens (tertiary/aromatic N) is 1. The number of halogens is 1. The molecule has 9 nitrogen and oxygen atoms in total. The van der Waals surface area contributed by atoms with E-state index in [1.807, 2.05) is 19.1 Å². The number of thiazole rings is 1. The van der Waals surface area contributed by atoms with Gasteiger partial charge >= 0.3 is 6.03 Å². The van der Waals surface area contributed by atoms with Crippen molar-refractivity contribution in [1.29, 1.82) is 0 Å². The zero-order valence-electron chi connectivity index (χ0n) is 19.9. The van der Waals surface area contributed by atoms with Gasteiger partial charge in [-0.15, -0.1) is 0 Å². The van der Waals surface area contributed by atoms with E-state index in [1.54, 1.807) is 36.4 Å². The van der Waals surface area contributed by atoms with Crippen LogP contribution in [0, 0.1) is 6.92 Å². The Kier molecular flexibility index (Phi) is 7.47. The average molecular weight is 527 g/mol. The Morgan fingerprint density at radius 3 is 2.28 bits per heavy atom. The zero-order valence-corrected chi connectivity index (χ0v) is 21.5. The van der Waals surface area contributed by atoms with Crippen LogP contribution in [0.3, 0.4) is 0 Å². The van der Waals surface area contributed by atoms with Crippen LogP contribution in [-0.2, 0) is 0 Å². The Morgan fingerprint density at radius 2 is 1.64 bits per heavy atom. The predicted octanol–water partition coefficient (Wildman–Crippen LogP) is 6.18. The largest absolute Gasteiger partial charge is 0.493 e. The number of hydrogen-bond acceptors (Lipinski definition) is 7. The molecule has 4 rings (SSSR count). The number of ether oxygens (including phenoxy) is 3. The van der Waals surface area contributed by atoms with Crippen molar-refractivity contribution in [2.24, 2.45) is 0 Å². The average Bonchev–Trinajstić information content (AvgIpc) is 3.26. The number of para-hydroxylation sites is 1. The Labute approximate surface area is 216 Å². The lowest BCUT2D eigenvalue weighted by Gasteiger charge is -2.14. The van der Waals surface area contributed by atoms with Crippen molar-refractivity contribution in [3.8, 4) is 17.2 Å². The lowest BCUT2D eigenvalue weighted by atomic mass is 10.1. The SMILES string of the molecule is COc1cc(NC(=O)Nc2nc3ccc(C(=O)Nc4c(C)cccc4Cl)cc3s2)cc(OC)c1OC. The van der Waals surface area contributed by atoms with Gasteiger partial charge in [-0.2, -0.15) is 0 Å². The van der Waals surface area contributed by atoms with Gasteiger partial charge in [-0.3, -0.25) is 10.1 Å². The van der Waals surface area contributed by atoms with Crippen molar-refractivity contribution in [3.63, 3.8) is 0 Å². The second kappa shape index (κ2) is 10.7. The fourth-order valence-corrected chi connectivity index (χ4v) is 4.68. The summed E-state index contributed by atoms with van der Waals surface area (Å²) in [6.45, 7) is 1.87. The van der Waals surface area contributed by atoms with Crippen molar-refractivity contribution in [3.05, 3.63) is 64.7 Å². The van der Waals surface area contributed by atoms with E-state index in [1.165, 1.54) is 32.7 Å². The summed E-state index contributed by atoms with van der Waals surface area (Å²) in [6.07, 6.45) is 0. The fraction of sp³-hybridized carbons (Fsp3) is 0.160. The van der Waals surface area contributed by atoms with Crippen LogP contribution in [0.1, 0.15) is 15.9 Å². The molecule has 0 aliphatic rings. The molecule has 0 aliphatic carbocycles. The summed E-state index contributed by atoms with van der Waals surface area (Å²) in [5, 5.41) is 9.13. The van der Waals surface area contributed by atoms with E-state index in [0.717, 1.165) is 10.3 Å². The monoisotopic (exact) mass is 526 g/mol.